The second-order valence-corrected chi connectivity index (χ2v) is 7.11. The molecule has 0 unspecified atom stereocenters. The molecule has 1 aliphatic carbocycles. The number of aromatic nitrogens is 1. The van der Waals surface area contributed by atoms with Crippen molar-refractivity contribution in [1.82, 2.24) is 9.88 Å². The van der Waals surface area contributed by atoms with Crippen LogP contribution in [0.5, 0.6) is 0 Å². The first-order valence-corrected chi connectivity index (χ1v) is 9.17. The molecule has 24 heavy (non-hydrogen) atoms. The monoisotopic (exact) mass is 344 g/mol. The van der Waals surface area contributed by atoms with Crippen LogP contribution in [-0.4, -0.2) is 47.2 Å². The molecule has 2 fully saturated rings. The quantitative estimate of drug-likeness (QED) is 0.856. The van der Waals surface area contributed by atoms with Gasteiger partial charge in [0.05, 0.1) is 30.2 Å². The normalized spacial score (nSPS) is 26.3. The number of fused-ring (bicyclic) bond motifs is 1. The van der Waals surface area contributed by atoms with Crippen LogP contribution in [0.1, 0.15) is 28.1 Å². The van der Waals surface area contributed by atoms with Crippen LogP contribution < -0.4 is 0 Å². The fourth-order valence-corrected chi connectivity index (χ4v) is 4.25. The van der Waals surface area contributed by atoms with Crippen molar-refractivity contribution in [2.75, 3.05) is 13.2 Å². The molecule has 4 rings (SSSR count). The van der Waals surface area contributed by atoms with Gasteiger partial charge in [0.25, 0.3) is 5.91 Å². The lowest BCUT2D eigenvalue weighted by molar-refractivity contribution is -0.108. The molecule has 1 saturated carbocycles. The van der Waals surface area contributed by atoms with Crippen molar-refractivity contribution >= 4 is 17.2 Å². The lowest BCUT2D eigenvalue weighted by Crippen LogP contribution is -2.53. The number of hydrogen-bond acceptors (Lipinski definition) is 5. The van der Waals surface area contributed by atoms with Crippen molar-refractivity contribution in [2.45, 2.75) is 37.7 Å². The Labute approximate surface area is 145 Å². The van der Waals surface area contributed by atoms with Gasteiger partial charge in [0, 0.05) is 18.9 Å². The number of pyridine rings is 1. The summed E-state index contributed by atoms with van der Waals surface area (Å²) < 4.78 is 12.0. The van der Waals surface area contributed by atoms with E-state index in [9.17, 15) is 4.79 Å². The van der Waals surface area contributed by atoms with E-state index in [1.807, 2.05) is 40.7 Å². The van der Waals surface area contributed by atoms with Gasteiger partial charge in [0.1, 0.15) is 6.10 Å². The van der Waals surface area contributed by atoms with E-state index in [2.05, 4.69) is 4.98 Å². The molecule has 0 radical (unpaired) electrons. The van der Waals surface area contributed by atoms with E-state index in [1.54, 1.807) is 6.20 Å². The Kier molecular flexibility index (Phi) is 4.60. The van der Waals surface area contributed by atoms with E-state index in [4.69, 9.17) is 9.47 Å². The molecule has 2 aromatic heterocycles. The SMILES string of the molecule is O=C(c1cccs1)N1CCO[C@@H]2[C@H]1CC[C@H]2OCc1cccnc1. The van der Waals surface area contributed by atoms with Crippen LogP contribution in [0.3, 0.4) is 0 Å². The van der Waals surface area contributed by atoms with Crippen LogP contribution >= 0.6 is 11.3 Å². The Morgan fingerprint density at radius 1 is 1.38 bits per heavy atom. The summed E-state index contributed by atoms with van der Waals surface area (Å²) in [6, 6.07) is 7.85. The Hall–Kier alpha value is -1.76. The average Bonchev–Trinajstić information content (AvgIpc) is 3.30. The Morgan fingerprint density at radius 2 is 2.33 bits per heavy atom. The van der Waals surface area contributed by atoms with Gasteiger partial charge in [-0.1, -0.05) is 12.1 Å². The minimum Gasteiger partial charge on any atom is -0.372 e. The maximum absolute atomic E-state index is 12.7. The van der Waals surface area contributed by atoms with Crippen molar-refractivity contribution in [3.05, 3.63) is 52.5 Å². The topological polar surface area (TPSA) is 51.7 Å². The zero-order chi connectivity index (χ0) is 16.4. The van der Waals surface area contributed by atoms with E-state index in [-0.39, 0.29) is 24.2 Å². The highest BCUT2D eigenvalue weighted by molar-refractivity contribution is 7.12. The van der Waals surface area contributed by atoms with Crippen molar-refractivity contribution in [2.24, 2.45) is 0 Å². The van der Waals surface area contributed by atoms with Gasteiger partial charge in [-0.05, 0) is 35.9 Å². The average molecular weight is 344 g/mol. The zero-order valence-corrected chi connectivity index (χ0v) is 14.2. The van der Waals surface area contributed by atoms with Gasteiger partial charge in [-0.25, -0.2) is 0 Å². The summed E-state index contributed by atoms with van der Waals surface area (Å²) in [5, 5.41) is 1.94. The maximum Gasteiger partial charge on any atom is 0.264 e. The Balaban J connectivity index is 1.42. The minimum absolute atomic E-state index is 0.0284. The van der Waals surface area contributed by atoms with E-state index in [0.29, 0.717) is 19.8 Å². The summed E-state index contributed by atoms with van der Waals surface area (Å²) in [4.78, 5) is 19.6. The first-order valence-electron chi connectivity index (χ1n) is 8.29. The summed E-state index contributed by atoms with van der Waals surface area (Å²) in [6.45, 7) is 1.77. The third kappa shape index (κ3) is 3.09. The van der Waals surface area contributed by atoms with Crippen molar-refractivity contribution in [3.63, 3.8) is 0 Å². The maximum atomic E-state index is 12.7. The predicted molar refractivity (Wildman–Crippen MR) is 90.9 cm³/mol. The second-order valence-electron chi connectivity index (χ2n) is 6.17. The standard InChI is InChI=1S/C18H20N2O3S/c21-18(16-4-2-10-24-16)20-8-9-22-17-14(20)5-6-15(17)23-12-13-3-1-7-19-11-13/h1-4,7,10-11,14-15,17H,5-6,8-9,12H2/t14-,15-,17-/m1/s1. The lowest BCUT2D eigenvalue weighted by atomic mass is 10.1. The third-order valence-corrected chi connectivity index (χ3v) is 5.57. The molecule has 0 spiro atoms. The number of thiophene rings is 1. The highest BCUT2D eigenvalue weighted by Crippen LogP contribution is 2.33. The minimum atomic E-state index is -0.0284. The van der Waals surface area contributed by atoms with Crippen molar-refractivity contribution < 1.29 is 14.3 Å². The summed E-state index contributed by atoms with van der Waals surface area (Å²) in [5.74, 6) is 0.121. The van der Waals surface area contributed by atoms with Gasteiger partial charge in [-0.2, -0.15) is 0 Å². The fourth-order valence-electron chi connectivity index (χ4n) is 3.57. The molecule has 126 valence electrons. The van der Waals surface area contributed by atoms with Gasteiger partial charge in [-0.15, -0.1) is 11.3 Å². The highest BCUT2D eigenvalue weighted by atomic mass is 32.1. The van der Waals surface area contributed by atoms with Crippen molar-refractivity contribution in [3.8, 4) is 0 Å². The van der Waals surface area contributed by atoms with Crippen LogP contribution in [0.2, 0.25) is 0 Å². The number of ether oxygens (including phenoxy) is 2. The lowest BCUT2D eigenvalue weighted by Gasteiger charge is -2.38. The number of carbonyl (C=O) groups is 1. The molecule has 0 N–H and O–H groups in total. The van der Waals surface area contributed by atoms with Crippen LogP contribution in [-0.2, 0) is 16.1 Å². The van der Waals surface area contributed by atoms with E-state index in [1.165, 1.54) is 11.3 Å². The van der Waals surface area contributed by atoms with Gasteiger partial charge >= 0.3 is 0 Å². The smallest absolute Gasteiger partial charge is 0.264 e. The first-order chi connectivity index (χ1) is 11.8. The molecule has 0 bridgehead atoms. The Morgan fingerprint density at radius 3 is 3.12 bits per heavy atom. The number of nitrogens with zero attached hydrogens (tertiary/aromatic N) is 2. The molecule has 6 heteroatoms. The molecule has 3 atom stereocenters. The number of carbonyl (C=O) groups excluding carboxylic acids is 1. The van der Waals surface area contributed by atoms with E-state index in [0.717, 1.165) is 23.3 Å². The zero-order valence-electron chi connectivity index (χ0n) is 13.3. The second kappa shape index (κ2) is 7.01. The van der Waals surface area contributed by atoms with Gasteiger partial charge in [0.15, 0.2) is 0 Å². The molecule has 1 saturated heterocycles. The summed E-state index contributed by atoms with van der Waals surface area (Å²) in [6.07, 6.45) is 5.44. The molecule has 2 aromatic rings. The Bertz CT molecular complexity index is 677. The summed E-state index contributed by atoms with van der Waals surface area (Å²) in [7, 11) is 0. The predicted octanol–water partition coefficient (Wildman–Crippen LogP) is 2.73. The number of hydrogen-bond donors (Lipinski definition) is 0. The van der Waals surface area contributed by atoms with Crippen molar-refractivity contribution in [1.29, 1.82) is 0 Å². The number of amides is 1. The highest BCUT2D eigenvalue weighted by Gasteiger charge is 2.45. The summed E-state index contributed by atoms with van der Waals surface area (Å²) in [5.41, 5.74) is 1.06. The molecule has 1 amide bonds. The molecule has 0 aromatic carbocycles. The molecule has 2 aliphatic rings. The van der Waals surface area contributed by atoms with Gasteiger partial charge in [0.2, 0.25) is 0 Å². The molecular formula is C18H20N2O3S. The van der Waals surface area contributed by atoms with Crippen LogP contribution in [0.4, 0.5) is 0 Å². The molecule has 3 heterocycles. The van der Waals surface area contributed by atoms with Gasteiger partial charge in [-0.3, -0.25) is 9.78 Å². The van der Waals surface area contributed by atoms with Crippen LogP contribution in [0, 0.1) is 0 Å². The van der Waals surface area contributed by atoms with Crippen LogP contribution in [0.15, 0.2) is 42.0 Å². The van der Waals surface area contributed by atoms with Gasteiger partial charge < -0.3 is 14.4 Å². The fraction of sp³-hybridized carbons (Fsp3) is 0.444. The number of rotatable bonds is 4. The molecule has 5 nitrogen and oxygen atoms in total. The third-order valence-electron chi connectivity index (χ3n) is 4.72. The molecule has 1 aliphatic heterocycles. The number of morpholine rings is 1. The largest absolute Gasteiger partial charge is 0.372 e. The first kappa shape index (κ1) is 15.7. The van der Waals surface area contributed by atoms with E-state index < -0.39 is 0 Å². The van der Waals surface area contributed by atoms with E-state index >= 15 is 0 Å². The molecular weight excluding hydrogens is 324 g/mol. The summed E-state index contributed by atoms with van der Waals surface area (Å²) >= 11 is 1.50. The van der Waals surface area contributed by atoms with Crippen LogP contribution in [0.25, 0.3) is 0 Å².